The third-order valence-corrected chi connectivity index (χ3v) is 6.55. The third kappa shape index (κ3) is 6.54. The Bertz CT molecular complexity index is 1250. The number of carbonyl (C=O) groups excluding carboxylic acids is 1. The third-order valence-electron chi connectivity index (χ3n) is 5.03. The van der Waals surface area contributed by atoms with Gasteiger partial charge in [-0.2, -0.15) is 4.31 Å². The molecule has 0 bridgehead atoms. The van der Waals surface area contributed by atoms with Crippen molar-refractivity contribution in [1.29, 1.82) is 0 Å². The molecule has 0 unspecified atom stereocenters. The fourth-order valence-electron chi connectivity index (χ4n) is 3.34. The number of hydrogen-bond donors (Lipinski definition) is 1. The van der Waals surface area contributed by atoms with Gasteiger partial charge in [-0.3, -0.25) is 4.79 Å². The van der Waals surface area contributed by atoms with Gasteiger partial charge in [0.1, 0.15) is 5.82 Å². The van der Waals surface area contributed by atoms with Crippen LogP contribution in [-0.4, -0.2) is 39.0 Å². The van der Waals surface area contributed by atoms with Crippen molar-refractivity contribution < 1.29 is 17.6 Å². The van der Waals surface area contributed by atoms with E-state index in [4.69, 9.17) is 11.6 Å². The molecule has 33 heavy (non-hydrogen) atoms. The molecule has 0 radical (unpaired) electrons. The minimum Gasteiger partial charge on any atom is -0.377 e. The summed E-state index contributed by atoms with van der Waals surface area (Å²) in [6, 6.07) is 17.7. The van der Waals surface area contributed by atoms with Crippen LogP contribution in [0.4, 0.5) is 15.8 Å². The van der Waals surface area contributed by atoms with Crippen LogP contribution in [0, 0.1) is 5.82 Å². The lowest BCUT2D eigenvalue weighted by Gasteiger charge is -2.24. The summed E-state index contributed by atoms with van der Waals surface area (Å²) in [4.78, 5) is 14.5. The molecule has 0 aliphatic heterocycles. The first kappa shape index (κ1) is 24.7. The largest absolute Gasteiger partial charge is 0.377 e. The highest BCUT2D eigenvalue weighted by Gasteiger charge is 2.20. The Kier molecular flexibility index (Phi) is 7.73. The van der Waals surface area contributed by atoms with Crippen LogP contribution in [0.1, 0.15) is 21.5 Å². The Balaban J connectivity index is 1.91. The maximum atomic E-state index is 13.3. The number of carbonyl (C=O) groups is 1. The van der Waals surface area contributed by atoms with E-state index in [9.17, 15) is 17.6 Å². The zero-order chi connectivity index (χ0) is 24.2. The molecule has 0 saturated carbocycles. The van der Waals surface area contributed by atoms with E-state index in [1.54, 1.807) is 48.5 Å². The molecule has 0 aliphatic carbocycles. The summed E-state index contributed by atoms with van der Waals surface area (Å²) < 4.78 is 39.6. The minimum atomic E-state index is -3.58. The number of nitrogens with zero attached hydrogens (tertiary/aromatic N) is 2. The molecule has 174 valence electrons. The van der Waals surface area contributed by atoms with Crippen molar-refractivity contribution in [2.24, 2.45) is 0 Å². The van der Waals surface area contributed by atoms with Gasteiger partial charge in [0.05, 0.1) is 16.8 Å². The Morgan fingerprint density at radius 2 is 1.67 bits per heavy atom. The molecule has 0 heterocycles. The molecule has 0 saturated heterocycles. The Labute approximate surface area is 198 Å². The van der Waals surface area contributed by atoms with Crippen LogP contribution >= 0.6 is 11.6 Å². The predicted octanol–water partition coefficient (Wildman–Crippen LogP) is 4.76. The molecule has 0 atom stereocenters. The Morgan fingerprint density at radius 1 is 1.00 bits per heavy atom. The van der Waals surface area contributed by atoms with E-state index in [2.05, 4.69) is 5.32 Å². The lowest BCUT2D eigenvalue weighted by Crippen LogP contribution is -2.30. The minimum absolute atomic E-state index is 0.0690. The van der Waals surface area contributed by atoms with E-state index >= 15 is 0 Å². The zero-order valence-corrected chi connectivity index (χ0v) is 20.1. The maximum Gasteiger partial charge on any atom is 0.257 e. The number of sulfonamides is 1. The van der Waals surface area contributed by atoms with Crippen molar-refractivity contribution in [1.82, 2.24) is 4.31 Å². The van der Waals surface area contributed by atoms with Crippen LogP contribution < -0.4 is 10.2 Å². The second kappa shape index (κ2) is 10.3. The first-order valence-corrected chi connectivity index (χ1v) is 12.3. The van der Waals surface area contributed by atoms with Gasteiger partial charge in [0.2, 0.25) is 10.0 Å². The number of halogens is 2. The van der Waals surface area contributed by atoms with Crippen molar-refractivity contribution >= 4 is 38.9 Å². The highest BCUT2D eigenvalue weighted by atomic mass is 35.5. The first-order chi connectivity index (χ1) is 15.5. The summed E-state index contributed by atoms with van der Waals surface area (Å²) in [5, 5.41) is 3.16. The molecule has 6 nitrogen and oxygen atoms in total. The van der Waals surface area contributed by atoms with Gasteiger partial charge in [0.15, 0.2) is 0 Å². The normalized spacial score (nSPS) is 11.5. The van der Waals surface area contributed by atoms with Crippen molar-refractivity contribution in [3.63, 3.8) is 0 Å². The topological polar surface area (TPSA) is 69.7 Å². The molecule has 0 aliphatic rings. The predicted molar refractivity (Wildman–Crippen MR) is 131 cm³/mol. The van der Waals surface area contributed by atoms with E-state index in [1.165, 1.54) is 16.4 Å². The molecule has 9 heteroatoms. The number of hydrogen-bond acceptors (Lipinski definition) is 4. The lowest BCUT2D eigenvalue weighted by molar-refractivity contribution is 0.102. The van der Waals surface area contributed by atoms with Crippen LogP contribution in [0.15, 0.2) is 66.7 Å². The quantitative estimate of drug-likeness (QED) is 0.495. The SMILES string of the molecule is CN(C)c1ccc(NC(=O)c2ccccc2Cl)cc1CN(Cc1ccc(F)cc1)S(C)(=O)=O. The van der Waals surface area contributed by atoms with Gasteiger partial charge in [0, 0.05) is 38.6 Å². The van der Waals surface area contributed by atoms with Crippen molar-refractivity contribution in [2.75, 3.05) is 30.6 Å². The molecule has 3 rings (SSSR count). The second-order valence-corrected chi connectivity index (χ2v) is 10.2. The molecule has 1 N–H and O–H groups in total. The van der Waals surface area contributed by atoms with E-state index < -0.39 is 10.0 Å². The summed E-state index contributed by atoms with van der Waals surface area (Å²) in [6.45, 7) is 0.154. The van der Waals surface area contributed by atoms with Gasteiger partial charge in [-0.25, -0.2) is 12.8 Å². The van der Waals surface area contributed by atoms with Gasteiger partial charge in [0.25, 0.3) is 5.91 Å². The van der Waals surface area contributed by atoms with E-state index in [1.807, 2.05) is 25.1 Å². The molecular formula is C24H25ClFN3O3S. The summed E-state index contributed by atoms with van der Waals surface area (Å²) in [5.74, 6) is -0.753. The van der Waals surface area contributed by atoms with Crippen molar-refractivity contribution in [3.8, 4) is 0 Å². The molecular weight excluding hydrogens is 465 g/mol. The second-order valence-electron chi connectivity index (χ2n) is 7.83. The highest BCUT2D eigenvalue weighted by molar-refractivity contribution is 7.88. The molecule has 0 spiro atoms. The van der Waals surface area contributed by atoms with Crippen molar-refractivity contribution in [3.05, 3.63) is 94.3 Å². The number of anilines is 2. The average Bonchev–Trinajstić information content (AvgIpc) is 2.74. The van der Waals surface area contributed by atoms with Gasteiger partial charge in [-0.05, 0) is 53.6 Å². The molecule has 3 aromatic rings. The molecule has 0 fully saturated rings. The standard InChI is InChI=1S/C24H25ClFN3O3S/c1-28(2)23-13-12-20(27-24(30)21-6-4-5-7-22(21)25)14-18(23)16-29(33(3,31)32)15-17-8-10-19(26)11-9-17/h4-14H,15-16H2,1-3H3,(H,27,30). The van der Waals surface area contributed by atoms with Crippen LogP contribution in [-0.2, 0) is 23.1 Å². The van der Waals surface area contributed by atoms with E-state index in [-0.39, 0.29) is 24.8 Å². The zero-order valence-electron chi connectivity index (χ0n) is 18.5. The summed E-state index contributed by atoms with van der Waals surface area (Å²) in [5.41, 5.74) is 3.02. The molecule has 1 amide bonds. The number of rotatable bonds is 8. The lowest BCUT2D eigenvalue weighted by atomic mass is 10.1. The van der Waals surface area contributed by atoms with Gasteiger partial charge < -0.3 is 10.2 Å². The average molecular weight is 490 g/mol. The van der Waals surface area contributed by atoms with Crippen LogP contribution in [0.5, 0.6) is 0 Å². The summed E-state index contributed by atoms with van der Waals surface area (Å²) >= 11 is 6.12. The summed E-state index contributed by atoms with van der Waals surface area (Å²) in [6.07, 6.45) is 1.13. The Hall–Kier alpha value is -2.94. The Morgan fingerprint density at radius 3 is 2.27 bits per heavy atom. The van der Waals surface area contributed by atoms with Crippen LogP contribution in [0.25, 0.3) is 0 Å². The van der Waals surface area contributed by atoms with E-state index in [0.717, 1.165) is 11.9 Å². The molecule has 0 aromatic heterocycles. The first-order valence-electron chi connectivity index (χ1n) is 10.1. The number of benzene rings is 3. The monoisotopic (exact) mass is 489 g/mol. The fourth-order valence-corrected chi connectivity index (χ4v) is 4.32. The van der Waals surface area contributed by atoms with Crippen molar-refractivity contribution in [2.45, 2.75) is 13.1 Å². The summed E-state index contributed by atoms with van der Waals surface area (Å²) in [7, 11) is 0.123. The van der Waals surface area contributed by atoms with Gasteiger partial charge in [-0.15, -0.1) is 0 Å². The smallest absolute Gasteiger partial charge is 0.257 e. The molecule has 3 aromatic carbocycles. The number of nitrogens with one attached hydrogen (secondary N) is 1. The maximum absolute atomic E-state index is 13.3. The van der Waals surface area contributed by atoms with Crippen LogP contribution in [0.2, 0.25) is 5.02 Å². The van der Waals surface area contributed by atoms with Gasteiger partial charge >= 0.3 is 0 Å². The number of amides is 1. The van der Waals surface area contributed by atoms with E-state index in [0.29, 0.717) is 27.4 Å². The van der Waals surface area contributed by atoms with Gasteiger partial charge in [-0.1, -0.05) is 35.9 Å². The fraction of sp³-hybridized carbons (Fsp3) is 0.208. The highest BCUT2D eigenvalue weighted by Crippen LogP contribution is 2.27. The van der Waals surface area contributed by atoms with Crippen LogP contribution in [0.3, 0.4) is 0 Å².